The Morgan fingerprint density at radius 3 is 2.26 bits per heavy atom. The molecule has 0 aliphatic heterocycles. The summed E-state index contributed by atoms with van der Waals surface area (Å²) in [5.74, 6) is -0.472. The van der Waals surface area contributed by atoms with E-state index in [1.54, 1.807) is 24.4 Å². The highest BCUT2D eigenvalue weighted by Gasteiger charge is 2.32. The zero-order valence-electron chi connectivity index (χ0n) is 17.7. The Bertz CT molecular complexity index is 1050. The highest BCUT2D eigenvalue weighted by atomic mass is 35.5. The third-order valence-corrected chi connectivity index (χ3v) is 5.30. The fourth-order valence-corrected chi connectivity index (χ4v) is 3.97. The Kier molecular flexibility index (Phi) is 7.94. The minimum atomic E-state index is -0.997. The number of halogens is 2. The molecule has 1 aromatic heterocycles. The summed E-state index contributed by atoms with van der Waals surface area (Å²) in [5, 5.41) is 1.97. The normalized spacial score (nSPS) is 14.0. The van der Waals surface area contributed by atoms with E-state index in [0.29, 0.717) is 11.4 Å². The van der Waals surface area contributed by atoms with Crippen molar-refractivity contribution in [3.05, 3.63) is 83.1 Å². The Balaban J connectivity index is 1.93. The van der Waals surface area contributed by atoms with Crippen molar-refractivity contribution in [2.24, 2.45) is 17.8 Å². The number of esters is 1. The molecule has 2 aromatic carbocycles. The number of aromatic nitrogens is 1. The molecule has 0 N–H and O–H groups in total. The number of hydrogen-bond acceptors (Lipinski definition) is 4. The van der Waals surface area contributed by atoms with Gasteiger partial charge in [-0.1, -0.05) is 92.5 Å². The molecule has 0 aliphatic rings. The lowest BCUT2D eigenvalue weighted by atomic mass is 9.84. The zero-order chi connectivity index (χ0) is 22.4. The molecule has 1 heterocycles. The van der Waals surface area contributed by atoms with Gasteiger partial charge in [0.15, 0.2) is 0 Å². The molecule has 0 saturated carbocycles. The number of benzene rings is 2. The van der Waals surface area contributed by atoms with Crippen LogP contribution in [0.4, 0.5) is 0 Å². The van der Waals surface area contributed by atoms with Gasteiger partial charge in [0.05, 0.1) is 5.92 Å². The fourth-order valence-electron chi connectivity index (χ4n) is 3.58. The van der Waals surface area contributed by atoms with Gasteiger partial charge >= 0.3 is 5.97 Å². The summed E-state index contributed by atoms with van der Waals surface area (Å²) in [4.78, 5) is 17.7. The van der Waals surface area contributed by atoms with Crippen molar-refractivity contribution in [2.75, 3.05) is 0 Å². The van der Waals surface area contributed by atoms with Crippen LogP contribution in [0, 0.1) is 17.8 Å². The highest BCUT2D eigenvalue weighted by molar-refractivity contribution is 6.55. The predicted octanol–water partition coefficient (Wildman–Crippen LogP) is 7.08. The van der Waals surface area contributed by atoms with Crippen molar-refractivity contribution in [2.45, 2.75) is 27.1 Å². The number of para-hydroxylation sites is 1. The molecule has 6 heteroatoms. The van der Waals surface area contributed by atoms with Gasteiger partial charge in [-0.05, 0) is 35.4 Å². The Labute approximate surface area is 192 Å². The Morgan fingerprint density at radius 2 is 1.61 bits per heavy atom. The van der Waals surface area contributed by atoms with Crippen molar-refractivity contribution in [1.82, 2.24) is 4.98 Å². The smallest absolute Gasteiger partial charge is 0.313 e. The number of ether oxygens (including phenoxy) is 2. The van der Waals surface area contributed by atoms with Crippen molar-refractivity contribution in [1.29, 1.82) is 0 Å². The Hall–Kier alpha value is -2.56. The van der Waals surface area contributed by atoms with Crippen LogP contribution in [0.3, 0.4) is 0 Å². The molecule has 31 heavy (non-hydrogen) atoms. The van der Waals surface area contributed by atoms with Crippen LogP contribution in [0.15, 0.2) is 77.4 Å². The molecule has 0 bridgehead atoms. The van der Waals surface area contributed by atoms with E-state index in [4.69, 9.17) is 32.7 Å². The van der Waals surface area contributed by atoms with Crippen LogP contribution in [0.25, 0.3) is 10.8 Å². The number of allylic oxidation sites excluding steroid dienone is 1. The maximum absolute atomic E-state index is 13.2. The van der Waals surface area contributed by atoms with E-state index >= 15 is 0 Å². The summed E-state index contributed by atoms with van der Waals surface area (Å²) in [6.07, 6.45) is 2.40. The van der Waals surface area contributed by atoms with Gasteiger partial charge in [-0.3, -0.25) is 9.78 Å². The lowest BCUT2D eigenvalue weighted by Gasteiger charge is -2.27. The maximum Gasteiger partial charge on any atom is 0.313 e. The second-order valence-corrected chi connectivity index (χ2v) is 8.75. The lowest BCUT2D eigenvalue weighted by Crippen LogP contribution is -2.30. The van der Waals surface area contributed by atoms with Crippen LogP contribution >= 0.6 is 23.2 Å². The Morgan fingerprint density at radius 1 is 0.968 bits per heavy atom. The van der Waals surface area contributed by atoms with Gasteiger partial charge < -0.3 is 9.47 Å². The second-order valence-electron chi connectivity index (χ2n) is 7.74. The summed E-state index contributed by atoms with van der Waals surface area (Å²) < 4.78 is 12.0. The average Bonchev–Trinajstić information content (AvgIpc) is 2.73. The van der Waals surface area contributed by atoms with E-state index in [1.807, 2.05) is 69.3 Å². The van der Waals surface area contributed by atoms with E-state index in [-0.39, 0.29) is 16.3 Å². The molecule has 3 atom stereocenters. The third kappa shape index (κ3) is 6.22. The van der Waals surface area contributed by atoms with Gasteiger partial charge in [0.25, 0.3) is 6.29 Å². The number of hydrogen-bond donors (Lipinski definition) is 0. The minimum Gasteiger partial charge on any atom is -0.449 e. The van der Waals surface area contributed by atoms with E-state index in [0.717, 1.165) is 10.8 Å². The largest absolute Gasteiger partial charge is 0.449 e. The first-order valence-electron chi connectivity index (χ1n) is 10.1. The van der Waals surface area contributed by atoms with Gasteiger partial charge in [0.1, 0.15) is 15.9 Å². The molecule has 0 amide bonds. The SMILES string of the molecule is CC(C)C(C(=O)OC(Oc1ccccc1)c1cc2ccccc2cn1)C(C)C=C(Cl)Cl. The molecule has 0 saturated heterocycles. The molecular formula is C25H25Cl2NO3. The molecule has 4 nitrogen and oxygen atoms in total. The quantitative estimate of drug-likeness (QED) is 0.267. The topological polar surface area (TPSA) is 48.4 Å². The van der Waals surface area contributed by atoms with Crippen molar-refractivity contribution >= 4 is 39.9 Å². The molecule has 0 fully saturated rings. The molecule has 3 aromatic rings. The monoisotopic (exact) mass is 457 g/mol. The molecular weight excluding hydrogens is 433 g/mol. The van der Waals surface area contributed by atoms with Gasteiger partial charge in [0.2, 0.25) is 0 Å². The second kappa shape index (κ2) is 10.7. The van der Waals surface area contributed by atoms with Crippen molar-refractivity contribution in [3.63, 3.8) is 0 Å². The average molecular weight is 458 g/mol. The summed E-state index contributed by atoms with van der Waals surface area (Å²) >= 11 is 11.7. The van der Waals surface area contributed by atoms with E-state index in [1.165, 1.54) is 0 Å². The lowest BCUT2D eigenvalue weighted by molar-refractivity contribution is -0.173. The summed E-state index contributed by atoms with van der Waals surface area (Å²) in [6, 6.07) is 18.9. The molecule has 0 aliphatic carbocycles. The van der Waals surface area contributed by atoms with E-state index in [9.17, 15) is 4.79 Å². The number of fused-ring (bicyclic) bond motifs is 1. The zero-order valence-corrected chi connectivity index (χ0v) is 19.2. The van der Waals surface area contributed by atoms with Gasteiger partial charge in [-0.25, -0.2) is 0 Å². The summed E-state index contributed by atoms with van der Waals surface area (Å²) in [6.45, 7) is 5.80. The first-order chi connectivity index (χ1) is 14.8. The van der Waals surface area contributed by atoms with E-state index < -0.39 is 18.2 Å². The summed E-state index contributed by atoms with van der Waals surface area (Å²) in [5.41, 5.74) is 0.511. The third-order valence-electron chi connectivity index (χ3n) is 5.05. The van der Waals surface area contributed by atoms with Crippen LogP contribution in [0.2, 0.25) is 0 Å². The number of carbonyl (C=O) groups is 1. The van der Waals surface area contributed by atoms with Crippen LogP contribution < -0.4 is 4.74 Å². The van der Waals surface area contributed by atoms with Gasteiger partial charge in [-0.15, -0.1) is 0 Å². The standard InChI is InChI=1S/C25H25Cl2NO3/c1-16(2)23(17(3)13-22(26)27)24(29)31-25(30-20-11-5-4-6-12-20)21-14-18-9-7-8-10-19(18)15-28-21/h4-17,23,25H,1-3H3. The van der Waals surface area contributed by atoms with Crippen LogP contribution in [-0.2, 0) is 9.53 Å². The number of carbonyl (C=O) groups excluding carboxylic acids is 1. The van der Waals surface area contributed by atoms with Crippen LogP contribution in [-0.4, -0.2) is 11.0 Å². The highest BCUT2D eigenvalue weighted by Crippen LogP contribution is 2.30. The maximum atomic E-state index is 13.2. The molecule has 3 rings (SSSR count). The van der Waals surface area contributed by atoms with E-state index in [2.05, 4.69) is 4.98 Å². The number of nitrogens with zero attached hydrogens (tertiary/aromatic N) is 1. The molecule has 0 radical (unpaired) electrons. The first-order valence-corrected chi connectivity index (χ1v) is 10.9. The summed E-state index contributed by atoms with van der Waals surface area (Å²) in [7, 11) is 0. The van der Waals surface area contributed by atoms with Crippen molar-refractivity contribution < 1.29 is 14.3 Å². The van der Waals surface area contributed by atoms with Crippen LogP contribution in [0.1, 0.15) is 32.8 Å². The van der Waals surface area contributed by atoms with Crippen LogP contribution in [0.5, 0.6) is 5.75 Å². The van der Waals surface area contributed by atoms with Gasteiger partial charge in [0, 0.05) is 11.6 Å². The molecule has 162 valence electrons. The molecule has 0 spiro atoms. The first kappa shape index (κ1) is 23.1. The number of rotatable bonds is 8. The number of pyridine rings is 1. The predicted molar refractivity (Wildman–Crippen MR) is 125 cm³/mol. The molecule has 3 unspecified atom stereocenters. The fraction of sp³-hybridized carbons (Fsp3) is 0.280. The van der Waals surface area contributed by atoms with Crippen molar-refractivity contribution in [3.8, 4) is 5.75 Å². The minimum absolute atomic E-state index is 0.00775. The van der Waals surface area contributed by atoms with Gasteiger partial charge in [-0.2, -0.15) is 0 Å².